The average Bonchev–Trinajstić information content (AvgIpc) is 3.64. The van der Waals surface area contributed by atoms with Crippen LogP contribution in [0.25, 0.3) is 10.9 Å². The van der Waals surface area contributed by atoms with Crippen LogP contribution in [0.3, 0.4) is 0 Å². The molecule has 0 spiro atoms. The molecule has 0 saturated heterocycles. The van der Waals surface area contributed by atoms with Gasteiger partial charge in [0.25, 0.3) is 0 Å². The molecule has 2 atom stereocenters. The Morgan fingerprint density at radius 3 is 2.47 bits per heavy atom. The van der Waals surface area contributed by atoms with Gasteiger partial charge in [-0.15, -0.1) is 0 Å². The zero-order chi connectivity index (χ0) is 23.5. The number of pyridine rings is 1. The Morgan fingerprint density at radius 2 is 1.91 bits per heavy atom. The highest BCUT2D eigenvalue weighted by Crippen LogP contribution is 2.48. The fourth-order valence-corrected chi connectivity index (χ4v) is 4.56. The molecule has 2 aromatic rings. The summed E-state index contributed by atoms with van der Waals surface area (Å²) < 4.78 is 40.8. The van der Waals surface area contributed by atoms with Crippen molar-refractivity contribution in [2.75, 3.05) is 25.2 Å². The van der Waals surface area contributed by atoms with E-state index in [1.807, 2.05) is 0 Å². The van der Waals surface area contributed by atoms with Gasteiger partial charge in [0.05, 0.1) is 18.0 Å². The third-order valence-electron chi connectivity index (χ3n) is 7.12. The molecule has 2 aliphatic rings. The summed E-state index contributed by atoms with van der Waals surface area (Å²) in [6.07, 6.45) is 2.90. The van der Waals surface area contributed by atoms with E-state index in [4.69, 9.17) is 20.8 Å². The van der Waals surface area contributed by atoms with E-state index in [1.165, 1.54) is 6.20 Å². The molecule has 2 heterocycles. The smallest absolute Gasteiger partial charge is 0.319 e. The van der Waals surface area contributed by atoms with E-state index < -0.39 is 20.3 Å². The van der Waals surface area contributed by atoms with E-state index >= 15 is 0 Å². The second kappa shape index (κ2) is 8.02. The van der Waals surface area contributed by atoms with Gasteiger partial charge in [-0.05, 0) is 31.0 Å². The van der Waals surface area contributed by atoms with Gasteiger partial charge in [0.1, 0.15) is 17.5 Å². The van der Waals surface area contributed by atoms with Crippen molar-refractivity contribution in [2.24, 2.45) is 5.41 Å². The second-order valence-electron chi connectivity index (χ2n) is 10.7. The van der Waals surface area contributed by atoms with Crippen LogP contribution in [-0.2, 0) is 4.43 Å². The van der Waals surface area contributed by atoms with Crippen molar-refractivity contribution >= 4 is 36.6 Å². The molecule has 2 fully saturated rings. The van der Waals surface area contributed by atoms with Crippen LogP contribution in [0, 0.1) is 11.2 Å². The van der Waals surface area contributed by atoms with Crippen molar-refractivity contribution in [3.05, 3.63) is 17.2 Å². The van der Waals surface area contributed by atoms with Crippen LogP contribution in [-0.4, -0.2) is 55.7 Å². The number of aromatic nitrogens is 3. The van der Waals surface area contributed by atoms with Crippen molar-refractivity contribution in [3.8, 4) is 6.01 Å². The highest BCUT2D eigenvalue weighted by Gasteiger charge is 2.47. The molecule has 0 amide bonds. The highest BCUT2D eigenvalue weighted by molar-refractivity contribution is 6.74. The van der Waals surface area contributed by atoms with Crippen molar-refractivity contribution < 1.29 is 17.9 Å². The van der Waals surface area contributed by atoms with Gasteiger partial charge in [0.15, 0.2) is 19.3 Å². The van der Waals surface area contributed by atoms with E-state index in [0.717, 1.165) is 12.8 Å². The lowest BCUT2D eigenvalue weighted by Crippen LogP contribution is -2.42. The minimum absolute atomic E-state index is 0.0234. The summed E-state index contributed by atoms with van der Waals surface area (Å²) in [6, 6.07) is -0.248. The minimum Gasteiger partial charge on any atom is -0.463 e. The number of fused-ring (bicyclic) bond motifs is 1. The zero-order valence-corrected chi connectivity index (χ0v) is 21.3. The van der Waals surface area contributed by atoms with Gasteiger partial charge < -0.3 is 14.1 Å². The van der Waals surface area contributed by atoms with Crippen molar-refractivity contribution in [1.82, 2.24) is 15.0 Å². The number of hydrogen-bond donors (Lipinski definition) is 0. The maximum Gasteiger partial charge on any atom is 0.319 e. The molecule has 2 saturated carbocycles. The van der Waals surface area contributed by atoms with Crippen LogP contribution in [0.2, 0.25) is 23.3 Å². The third-order valence-corrected chi connectivity index (χ3v) is 11.9. The van der Waals surface area contributed by atoms with Gasteiger partial charge in [0, 0.05) is 31.7 Å². The van der Waals surface area contributed by atoms with Crippen LogP contribution in [0.4, 0.5) is 14.6 Å². The van der Waals surface area contributed by atoms with Gasteiger partial charge in [-0.1, -0.05) is 32.4 Å². The molecule has 32 heavy (non-hydrogen) atoms. The van der Waals surface area contributed by atoms with Crippen LogP contribution >= 0.6 is 11.6 Å². The number of rotatable bonds is 8. The Kier molecular flexibility index (Phi) is 5.91. The quantitative estimate of drug-likeness (QED) is 0.362. The predicted octanol–water partition coefficient (Wildman–Crippen LogP) is 5.54. The molecular weight excluding hydrogens is 454 g/mol. The molecule has 0 aliphatic heterocycles. The van der Waals surface area contributed by atoms with E-state index in [1.54, 1.807) is 11.9 Å². The van der Waals surface area contributed by atoms with Crippen LogP contribution in [0.15, 0.2) is 6.20 Å². The Morgan fingerprint density at radius 1 is 1.25 bits per heavy atom. The number of hydrogen-bond acceptors (Lipinski definition) is 6. The summed E-state index contributed by atoms with van der Waals surface area (Å²) >= 11 is 5.88. The molecule has 4 rings (SSSR count). The van der Waals surface area contributed by atoms with Crippen molar-refractivity contribution in [1.29, 1.82) is 0 Å². The zero-order valence-electron chi connectivity index (χ0n) is 19.5. The van der Waals surface area contributed by atoms with Crippen LogP contribution in [0.1, 0.15) is 40.0 Å². The lowest BCUT2D eigenvalue weighted by Gasteiger charge is -2.37. The maximum atomic E-state index is 14.7. The molecular formula is C22H31ClF2N4O2Si. The van der Waals surface area contributed by atoms with Crippen LogP contribution in [0.5, 0.6) is 6.01 Å². The molecule has 6 nitrogen and oxygen atoms in total. The Balaban J connectivity index is 1.55. The minimum atomic E-state index is -1.87. The van der Waals surface area contributed by atoms with Crippen molar-refractivity contribution in [2.45, 2.75) is 70.4 Å². The first-order chi connectivity index (χ1) is 14.8. The molecule has 0 aromatic carbocycles. The average molecular weight is 485 g/mol. The fraction of sp³-hybridized carbons (Fsp3) is 0.682. The SMILES string of the molecule is CN(c1nc(OCC2(CO[Si](C)(C)C(C)(C)C)CC2)nc2c(F)c(Cl)ncc12)[C@@H]1C[C@H]1F. The highest BCUT2D eigenvalue weighted by atomic mass is 35.5. The third kappa shape index (κ3) is 4.56. The summed E-state index contributed by atoms with van der Waals surface area (Å²) in [5.41, 5.74) is -0.0511. The Bertz CT molecular complexity index is 1030. The Labute approximate surface area is 193 Å². The second-order valence-corrected chi connectivity index (χ2v) is 15.9. The molecule has 2 aromatic heterocycles. The van der Waals surface area contributed by atoms with E-state index in [0.29, 0.717) is 30.8 Å². The predicted molar refractivity (Wildman–Crippen MR) is 124 cm³/mol. The lowest BCUT2D eigenvalue weighted by molar-refractivity contribution is 0.144. The first-order valence-corrected chi connectivity index (χ1v) is 14.3. The summed E-state index contributed by atoms with van der Waals surface area (Å²) in [5.74, 6) is -0.346. The van der Waals surface area contributed by atoms with Crippen molar-refractivity contribution in [3.63, 3.8) is 0 Å². The molecule has 10 heteroatoms. The monoisotopic (exact) mass is 484 g/mol. The first-order valence-electron chi connectivity index (χ1n) is 11.0. The lowest BCUT2D eigenvalue weighted by atomic mass is 10.1. The van der Waals surface area contributed by atoms with E-state index in [-0.39, 0.29) is 33.2 Å². The Hall–Kier alpha value is -1.58. The molecule has 0 radical (unpaired) electrons. The largest absolute Gasteiger partial charge is 0.463 e. The summed E-state index contributed by atoms with van der Waals surface area (Å²) in [5, 5.41) is 0.238. The van der Waals surface area contributed by atoms with Gasteiger partial charge in [0.2, 0.25) is 0 Å². The summed E-state index contributed by atoms with van der Waals surface area (Å²) in [7, 11) is -0.135. The fourth-order valence-electron chi connectivity index (χ4n) is 3.32. The van der Waals surface area contributed by atoms with E-state index in [9.17, 15) is 8.78 Å². The molecule has 0 bridgehead atoms. The number of anilines is 1. The molecule has 0 unspecified atom stereocenters. The summed E-state index contributed by atoms with van der Waals surface area (Å²) in [6.45, 7) is 12.1. The van der Waals surface area contributed by atoms with E-state index in [2.05, 4.69) is 48.8 Å². The number of ether oxygens (including phenoxy) is 1. The number of halogens is 3. The normalized spacial score (nSPS) is 22.2. The number of alkyl halides is 1. The molecule has 176 valence electrons. The summed E-state index contributed by atoms with van der Waals surface area (Å²) in [4.78, 5) is 14.3. The standard InChI is InChI=1S/C22H31ClF2N4O2Si/c1-21(2,3)32(5,6)31-12-22(7-8-22)11-30-20-27-17-13(10-26-18(23)16(17)25)19(28-20)29(4)15-9-14(15)24/h10,14-15H,7-9,11-12H2,1-6H3/t14-,15-/m1/s1. The number of nitrogens with zero attached hydrogens (tertiary/aromatic N) is 4. The van der Waals surface area contributed by atoms with Gasteiger partial charge in [-0.3, -0.25) is 0 Å². The molecule has 0 N–H and O–H groups in total. The molecule has 2 aliphatic carbocycles. The van der Waals surface area contributed by atoms with Gasteiger partial charge >= 0.3 is 6.01 Å². The first kappa shape index (κ1) is 23.6. The van der Waals surface area contributed by atoms with Gasteiger partial charge in [-0.25, -0.2) is 13.8 Å². The van der Waals surface area contributed by atoms with Gasteiger partial charge in [-0.2, -0.15) is 9.97 Å². The van der Waals surface area contributed by atoms with Crippen LogP contribution < -0.4 is 9.64 Å². The maximum absolute atomic E-state index is 14.7. The topological polar surface area (TPSA) is 60.4 Å².